The van der Waals surface area contributed by atoms with E-state index in [1.807, 2.05) is 43.3 Å². The molecule has 2 aliphatic rings. The van der Waals surface area contributed by atoms with E-state index in [0.29, 0.717) is 19.0 Å². The third-order valence-corrected chi connectivity index (χ3v) is 5.42. The van der Waals surface area contributed by atoms with Gasteiger partial charge in [0, 0.05) is 38.3 Å². The number of aryl methyl sites for hydroxylation is 1. The van der Waals surface area contributed by atoms with Crippen LogP contribution in [0.5, 0.6) is 11.5 Å². The first kappa shape index (κ1) is 18.6. The molecule has 1 fully saturated rings. The smallest absolute Gasteiger partial charge is 0.295 e. The molecule has 0 spiro atoms. The second kappa shape index (κ2) is 7.79. The SMILES string of the molecule is Cc1ccc(-c2nc(C(=O)N3CCN(Cc4ccc5c(c4)OCO5)CC3)no2)cc1. The van der Waals surface area contributed by atoms with Crippen LogP contribution in [-0.4, -0.2) is 58.8 Å². The highest BCUT2D eigenvalue weighted by Crippen LogP contribution is 2.32. The number of hydrogen-bond acceptors (Lipinski definition) is 7. The number of amides is 1. The molecule has 2 aromatic carbocycles. The van der Waals surface area contributed by atoms with Crippen molar-refractivity contribution in [2.24, 2.45) is 0 Å². The molecular formula is C22H22N4O4. The number of hydrogen-bond donors (Lipinski definition) is 0. The summed E-state index contributed by atoms with van der Waals surface area (Å²) in [6.45, 7) is 5.90. The molecule has 1 amide bonds. The molecule has 1 saturated heterocycles. The van der Waals surface area contributed by atoms with Gasteiger partial charge in [-0.2, -0.15) is 4.98 Å². The predicted molar refractivity (Wildman–Crippen MR) is 108 cm³/mol. The fourth-order valence-corrected chi connectivity index (χ4v) is 3.67. The normalized spacial score (nSPS) is 16.1. The summed E-state index contributed by atoms with van der Waals surface area (Å²) >= 11 is 0. The maximum atomic E-state index is 12.8. The van der Waals surface area contributed by atoms with Gasteiger partial charge >= 0.3 is 0 Å². The first-order valence-corrected chi connectivity index (χ1v) is 9.96. The Bertz CT molecular complexity index is 1060. The summed E-state index contributed by atoms with van der Waals surface area (Å²) in [5, 5.41) is 3.89. The minimum Gasteiger partial charge on any atom is -0.454 e. The Morgan fingerprint density at radius 1 is 1.00 bits per heavy atom. The Kier molecular flexibility index (Phi) is 4.84. The van der Waals surface area contributed by atoms with Crippen LogP contribution < -0.4 is 9.47 Å². The quantitative estimate of drug-likeness (QED) is 0.659. The van der Waals surface area contributed by atoms with Gasteiger partial charge in [0.2, 0.25) is 6.79 Å². The molecule has 154 valence electrons. The van der Waals surface area contributed by atoms with Crippen LogP contribution >= 0.6 is 0 Å². The number of carbonyl (C=O) groups excluding carboxylic acids is 1. The van der Waals surface area contributed by atoms with Crippen LogP contribution in [0.15, 0.2) is 47.0 Å². The maximum absolute atomic E-state index is 12.8. The summed E-state index contributed by atoms with van der Waals surface area (Å²) in [4.78, 5) is 21.2. The Morgan fingerprint density at radius 3 is 2.57 bits per heavy atom. The number of piperazine rings is 1. The zero-order valence-electron chi connectivity index (χ0n) is 16.7. The van der Waals surface area contributed by atoms with Gasteiger partial charge in [-0.1, -0.05) is 28.9 Å². The average molecular weight is 406 g/mol. The largest absolute Gasteiger partial charge is 0.454 e. The molecule has 0 N–H and O–H groups in total. The van der Waals surface area contributed by atoms with Crippen molar-refractivity contribution in [1.82, 2.24) is 19.9 Å². The summed E-state index contributed by atoms with van der Waals surface area (Å²) in [6.07, 6.45) is 0. The molecule has 5 rings (SSSR count). The Morgan fingerprint density at radius 2 is 1.77 bits per heavy atom. The fourth-order valence-electron chi connectivity index (χ4n) is 3.67. The lowest BCUT2D eigenvalue weighted by Gasteiger charge is -2.34. The van der Waals surface area contributed by atoms with E-state index < -0.39 is 0 Å². The van der Waals surface area contributed by atoms with Gasteiger partial charge < -0.3 is 18.9 Å². The Labute approximate surface area is 174 Å². The number of fused-ring (bicyclic) bond motifs is 1. The zero-order valence-corrected chi connectivity index (χ0v) is 16.7. The number of rotatable bonds is 4. The van der Waals surface area contributed by atoms with Gasteiger partial charge in [-0.3, -0.25) is 9.69 Å². The van der Waals surface area contributed by atoms with Crippen molar-refractivity contribution in [3.8, 4) is 23.0 Å². The zero-order chi connectivity index (χ0) is 20.5. The molecule has 30 heavy (non-hydrogen) atoms. The molecule has 1 aromatic heterocycles. The van der Waals surface area contributed by atoms with E-state index >= 15 is 0 Å². The molecule has 0 saturated carbocycles. The van der Waals surface area contributed by atoms with E-state index in [9.17, 15) is 4.79 Å². The average Bonchev–Trinajstić information content (AvgIpc) is 3.44. The number of benzene rings is 2. The standard InChI is InChI=1S/C22H22N4O4/c1-15-2-5-17(6-3-15)21-23-20(24-30-21)22(27)26-10-8-25(9-11-26)13-16-4-7-18-19(12-16)29-14-28-18/h2-7,12H,8-11,13-14H2,1H3. The molecular weight excluding hydrogens is 384 g/mol. The van der Waals surface area contributed by atoms with Crippen LogP contribution in [0.3, 0.4) is 0 Å². The lowest BCUT2D eigenvalue weighted by molar-refractivity contribution is 0.0613. The molecule has 0 unspecified atom stereocenters. The van der Waals surface area contributed by atoms with Crippen LogP contribution in [0.25, 0.3) is 11.5 Å². The van der Waals surface area contributed by atoms with Crippen LogP contribution in [0.4, 0.5) is 0 Å². The monoisotopic (exact) mass is 406 g/mol. The van der Waals surface area contributed by atoms with Crippen molar-refractivity contribution >= 4 is 5.91 Å². The maximum Gasteiger partial charge on any atom is 0.295 e. The highest BCUT2D eigenvalue weighted by Gasteiger charge is 2.26. The fraction of sp³-hybridized carbons (Fsp3) is 0.318. The predicted octanol–water partition coefficient (Wildman–Crippen LogP) is 2.73. The first-order chi connectivity index (χ1) is 14.7. The van der Waals surface area contributed by atoms with E-state index in [0.717, 1.165) is 42.3 Å². The van der Waals surface area contributed by atoms with Crippen molar-refractivity contribution < 1.29 is 18.8 Å². The van der Waals surface area contributed by atoms with Crippen molar-refractivity contribution in [3.63, 3.8) is 0 Å². The summed E-state index contributed by atoms with van der Waals surface area (Å²) in [6, 6.07) is 13.8. The Hall–Kier alpha value is -3.39. The van der Waals surface area contributed by atoms with Gasteiger partial charge in [0.25, 0.3) is 17.6 Å². The van der Waals surface area contributed by atoms with Crippen LogP contribution in [-0.2, 0) is 6.54 Å². The second-order valence-electron chi connectivity index (χ2n) is 7.55. The van der Waals surface area contributed by atoms with E-state index in [-0.39, 0.29) is 18.5 Å². The van der Waals surface area contributed by atoms with Gasteiger partial charge in [0.05, 0.1) is 0 Å². The number of aromatic nitrogens is 2. The number of ether oxygens (including phenoxy) is 2. The first-order valence-electron chi connectivity index (χ1n) is 9.96. The highest BCUT2D eigenvalue weighted by atomic mass is 16.7. The molecule has 8 heteroatoms. The Balaban J connectivity index is 1.18. The van der Waals surface area contributed by atoms with Gasteiger partial charge in [0.1, 0.15) is 0 Å². The van der Waals surface area contributed by atoms with Crippen LogP contribution in [0, 0.1) is 6.92 Å². The van der Waals surface area contributed by atoms with Gasteiger partial charge in [-0.15, -0.1) is 0 Å². The van der Waals surface area contributed by atoms with Crippen LogP contribution in [0.2, 0.25) is 0 Å². The molecule has 0 bridgehead atoms. The molecule has 0 radical (unpaired) electrons. The summed E-state index contributed by atoms with van der Waals surface area (Å²) in [7, 11) is 0. The lowest BCUT2D eigenvalue weighted by Crippen LogP contribution is -2.48. The van der Waals surface area contributed by atoms with Gasteiger partial charge in [0.15, 0.2) is 11.5 Å². The molecule has 3 heterocycles. The highest BCUT2D eigenvalue weighted by molar-refractivity contribution is 5.90. The molecule has 0 aliphatic carbocycles. The van der Waals surface area contributed by atoms with Crippen LogP contribution in [0.1, 0.15) is 21.7 Å². The molecule has 2 aliphatic heterocycles. The summed E-state index contributed by atoms with van der Waals surface area (Å²) in [5.74, 6) is 1.86. The number of carbonyl (C=O) groups is 1. The molecule has 3 aromatic rings. The number of nitrogens with zero attached hydrogens (tertiary/aromatic N) is 4. The van der Waals surface area contributed by atoms with Gasteiger partial charge in [-0.25, -0.2) is 0 Å². The molecule has 8 nitrogen and oxygen atoms in total. The second-order valence-corrected chi connectivity index (χ2v) is 7.55. The van der Waals surface area contributed by atoms with Crippen molar-refractivity contribution in [2.45, 2.75) is 13.5 Å². The van der Waals surface area contributed by atoms with Crippen molar-refractivity contribution in [1.29, 1.82) is 0 Å². The van der Waals surface area contributed by atoms with E-state index in [4.69, 9.17) is 14.0 Å². The minimum absolute atomic E-state index is 0.106. The summed E-state index contributed by atoms with van der Waals surface area (Å²) < 4.78 is 16.1. The third kappa shape index (κ3) is 3.73. The van der Waals surface area contributed by atoms with E-state index in [1.54, 1.807) is 4.90 Å². The van der Waals surface area contributed by atoms with Gasteiger partial charge in [-0.05, 0) is 36.8 Å². The van der Waals surface area contributed by atoms with E-state index in [1.165, 1.54) is 5.56 Å². The van der Waals surface area contributed by atoms with Crippen molar-refractivity contribution in [3.05, 3.63) is 59.4 Å². The molecule has 0 atom stereocenters. The minimum atomic E-state index is -0.195. The van der Waals surface area contributed by atoms with Crippen molar-refractivity contribution in [2.75, 3.05) is 33.0 Å². The third-order valence-electron chi connectivity index (χ3n) is 5.42. The lowest BCUT2D eigenvalue weighted by atomic mass is 10.1. The van der Waals surface area contributed by atoms with E-state index in [2.05, 4.69) is 21.1 Å². The summed E-state index contributed by atoms with van der Waals surface area (Å²) in [5.41, 5.74) is 3.12. The topological polar surface area (TPSA) is 80.9 Å².